The van der Waals surface area contributed by atoms with E-state index in [1.165, 1.54) is 49.3 Å². The molecule has 2 heteroatoms. The molecule has 0 aliphatic carbocycles. The van der Waals surface area contributed by atoms with Gasteiger partial charge in [0.1, 0.15) is 0 Å². The van der Waals surface area contributed by atoms with Crippen LogP contribution in [0, 0.1) is 11.3 Å². The number of nitrogens with one attached hydrogen (secondary N) is 1. The summed E-state index contributed by atoms with van der Waals surface area (Å²) in [6, 6.07) is 7.00. The van der Waals surface area contributed by atoms with Crippen molar-refractivity contribution in [1.29, 1.82) is 0 Å². The van der Waals surface area contributed by atoms with Gasteiger partial charge in [0.25, 0.3) is 0 Å². The van der Waals surface area contributed by atoms with E-state index in [1.807, 2.05) is 0 Å². The predicted molar refractivity (Wildman–Crippen MR) is 83.0 cm³/mol. The van der Waals surface area contributed by atoms with Gasteiger partial charge in [0.05, 0.1) is 0 Å². The van der Waals surface area contributed by atoms with E-state index in [1.54, 1.807) is 0 Å². The monoisotopic (exact) mass is 258 g/mol. The van der Waals surface area contributed by atoms with Crippen LogP contribution >= 0.6 is 0 Å². The second-order valence-electron chi connectivity index (χ2n) is 7.17. The molecule has 2 heterocycles. The van der Waals surface area contributed by atoms with E-state index < -0.39 is 0 Å². The van der Waals surface area contributed by atoms with Gasteiger partial charge in [-0.3, -0.25) is 0 Å². The Balaban J connectivity index is 1.77. The first-order valence-electron chi connectivity index (χ1n) is 7.66. The predicted octanol–water partition coefficient (Wildman–Crippen LogP) is 3.92. The number of fused-ring (bicyclic) bond motifs is 1. The SMILES string of the molecule is CC(C)(C)C1CCN(c2ccc3c(c2)NCCC3)C1. The van der Waals surface area contributed by atoms with Gasteiger partial charge in [0.15, 0.2) is 0 Å². The van der Waals surface area contributed by atoms with E-state index in [0.29, 0.717) is 5.41 Å². The maximum absolute atomic E-state index is 3.54. The number of anilines is 2. The molecular weight excluding hydrogens is 232 g/mol. The molecule has 0 saturated carbocycles. The summed E-state index contributed by atoms with van der Waals surface area (Å²) in [5.74, 6) is 0.816. The molecule has 1 fully saturated rings. The number of hydrogen-bond acceptors (Lipinski definition) is 2. The van der Waals surface area contributed by atoms with E-state index in [-0.39, 0.29) is 0 Å². The number of nitrogens with zero attached hydrogens (tertiary/aromatic N) is 1. The summed E-state index contributed by atoms with van der Waals surface area (Å²) < 4.78 is 0. The molecule has 1 N–H and O–H groups in total. The minimum atomic E-state index is 0.432. The molecule has 1 aromatic carbocycles. The molecule has 3 rings (SSSR count). The largest absolute Gasteiger partial charge is 0.385 e. The summed E-state index contributed by atoms with van der Waals surface area (Å²) in [5.41, 5.74) is 4.69. The van der Waals surface area contributed by atoms with Gasteiger partial charge in [-0.1, -0.05) is 26.8 Å². The fourth-order valence-electron chi connectivity index (χ4n) is 3.35. The number of hydrogen-bond donors (Lipinski definition) is 1. The van der Waals surface area contributed by atoms with Crippen molar-refractivity contribution in [2.75, 3.05) is 29.9 Å². The van der Waals surface area contributed by atoms with Gasteiger partial charge >= 0.3 is 0 Å². The zero-order valence-corrected chi connectivity index (χ0v) is 12.5. The van der Waals surface area contributed by atoms with Gasteiger partial charge in [-0.15, -0.1) is 0 Å². The molecule has 0 radical (unpaired) electrons. The van der Waals surface area contributed by atoms with Gasteiger partial charge in [-0.05, 0) is 48.3 Å². The number of benzene rings is 1. The molecule has 2 aliphatic rings. The fourth-order valence-corrected chi connectivity index (χ4v) is 3.35. The maximum Gasteiger partial charge on any atom is 0.0393 e. The number of rotatable bonds is 1. The van der Waals surface area contributed by atoms with Crippen LogP contribution in [-0.2, 0) is 6.42 Å². The Morgan fingerprint density at radius 1 is 1.26 bits per heavy atom. The molecule has 1 aromatic rings. The van der Waals surface area contributed by atoms with Crippen LogP contribution in [0.4, 0.5) is 11.4 Å². The van der Waals surface area contributed by atoms with E-state index in [9.17, 15) is 0 Å². The van der Waals surface area contributed by atoms with Gasteiger partial charge in [0.2, 0.25) is 0 Å². The van der Waals surface area contributed by atoms with Crippen LogP contribution in [0.15, 0.2) is 18.2 Å². The molecule has 1 saturated heterocycles. The standard InChI is InChI=1S/C17H26N2/c1-17(2,3)14-8-10-19(12-14)15-7-6-13-5-4-9-18-16(13)11-15/h6-7,11,14,18H,4-5,8-10,12H2,1-3H3. The highest BCUT2D eigenvalue weighted by atomic mass is 15.2. The van der Waals surface area contributed by atoms with Crippen LogP contribution in [0.5, 0.6) is 0 Å². The van der Waals surface area contributed by atoms with Gasteiger partial charge in [0, 0.05) is 31.0 Å². The Kier molecular flexibility index (Phi) is 3.20. The Morgan fingerprint density at radius 2 is 2.11 bits per heavy atom. The van der Waals surface area contributed by atoms with Crippen molar-refractivity contribution in [3.05, 3.63) is 23.8 Å². The van der Waals surface area contributed by atoms with Crippen molar-refractivity contribution in [3.63, 3.8) is 0 Å². The Labute approximate surface area is 117 Å². The van der Waals surface area contributed by atoms with E-state index in [2.05, 4.69) is 49.2 Å². The maximum atomic E-state index is 3.54. The van der Waals surface area contributed by atoms with Crippen molar-refractivity contribution in [2.24, 2.45) is 11.3 Å². The second-order valence-corrected chi connectivity index (χ2v) is 7.17. The second kappa shape index (κ2) is 4.73. The molecule has 19 heavy (non-hydrogen) atoms. The Hall–Kier alpha value is -1.18. The first kappa shape index (κ1) is 12.8. The van der Waals surface area contributed by atoms with Gasteiger partial charge in [-0.25, -0.2) is 0 Å². The molecule has 1 unspecified atom stereocenters. The third kappa shape index (κ3) is 2.58. The third-order valence-electron chi connectivity index (χ3n) is 4.81. The van der Waals surface area contributed by atoms with E-state index >= 15 is 0 Å². The average Bonchev–Trinajstić information content (AvgIpc) is 2.87. The van der Waals surface area contributed by atoms with Crippen molar-refractivity contribution in [2.45, 2.75) is 40.0 Å². The molecule has 0 spiro atoms. The normalized spacial score (nSPS) is 23.1. The molecule has 1 atom stereocenters. The highest BCUT2D eigenvalue weighted by Gasteiger charge is 2.32. The lowest BCUT2D eigenvalue weighted by Gasteiger charge is -2.28. The van der Waals surface area contributed by atoms with Crippen molar-refractivity contribution >= 4 is 11.4 Å². The quantitative estimate of drug-likeness (QED) is 0.821. The van der Waals surface area contributed by atoms with Crippen molar-refractivity contribution in [1.82, 2.24) is 0 Å². The molecule has 2 nitrogen and oxygen atoms in total. The van der Waals surface area contributed by atoms with E-state index in [4.69, 9.17) is 0 Å². The minimum absolute atomic E-state index is 0.432. The minimum Gasteiger partial charge on any atom is -0.385 e. The number of aryl methyl sites for hydroxylation is 1. The van der Waals surface area contributed by atoms with E-state index in [0.717, 1.165) is 12.5 Å². The molecule has 104 valence electrons. The van der Waals surface area contributed by atoms with Crippen LogP contribution in [0.2, 0.25) is 0 Å². The Bertz CT molecular complexity index is 459. The zero-order valence-electron chi connectivity index (χ0n) is 12.5. The molecule has 0 bridgehead atoms. The molecule has 0 aromatic heterocycles. The Morgan fingerprint density at radius 3 is 2.84 bits per heavy atom. The highest BCUT2D eigenvalue weighted by molar-refractivity contribution is 5.63. The first-order valence-corrected chi connectivity index (χ1v) is 7.66. The summed E-state index contributed by atoms with van der Waals surface area (Å²) in [6.45, 7) is 10.7. The topological polar surface area (TPSA) is 15.3 Å². The summed E-state index contributed by atoms with van der Waals surface area (Å²) in [5, 5.41) is 3.54. The van der Waals surface area contributed by atoms with Crippen LogP contribution in [0.3, 0.4) is 0 Å². The first-order chi connectivity index (χ1) is 9.04. The lowest BCUT2D eigenvalue weighted by molar-refractivity contribution is 0.263. The molecule has 0 amide bonds. The van der Waals surface area contributed by atoms with Crippen molar-refractivity contribution in [3.8, 4) is 0 Å². The highest BCUT2D eigenvalue weighted by Crippen LogP contribution is 2.37. The van der Waals surface area contributed by atoms with Crippen LogP contribution in [0.1, 0.15) is 39.2 Å². The molecule has 2 aliphatic heterocycles. The molecular formula is C17H26N2. The summed E-state index contributed by atoms with van der Waals surface area (Å²) >= 11 is 0. The summed E-state index contributed by atoms with van der Waals surface area (Å²) in [7, 11) is 0. The zero-order chi connectivity index (χ0) is 13.5. The van der Waals surface area contributed by atoms with Gasteiger partial charge < -0.3 is 10.2 Å². The van der Waals surface area contributed by atoms with Crippen LogP contribution in [-0.4, -0.2) is 19.6 Å². The third-order valence-corrected chi connectivity index (χ3v) is 4.81. The lowest BCUT2D eigenvalue weighted by Crippen LogP contribution is -2.26. The lowest BCUT2D eigenvalue weighted by atomic mass is 9.80. The van der Waals surface area contributed by atoms with Crippen LogP contribution < -0.4 is 10.2 Å². The fraction of sp³-hybridized carbons (Fsp3) is 0.647. The van der Waals surface area contributed by atoms with Gasteiger partial charge in [-0.2, -0.15) is 0 Å². The van der Waals surface area contributed by atoms with Crippen molar-refractivity contribution < 1.29 is 0 Å². The summed E-state index contributed by atoms with van der Waals surface area (Å²) in [4.78, 5) is 2.56. The van der Waals surface area contributed by atoms with Crippen LogP contribution in [0.25, 0.3) is 0 Å². The average molecular weight is 258 g/mol. The smallest absolute Gasteiger partial charge is 0.0393 e. The summed E-state index contributed by atoms with van der Waals surface area (Å²) in [6.07, 6.45) is 3.82.